The second kappa shape index (κ2) is 5.64. The van der Waals surface area contributed by atoms with Gasteiger partial charge in [-0.15, -0.1) is 0 Å². The van der Waals surface area contributed by atoms with Gasteiger partial charge in [-0.3, -0.25) is 0 Å². The second-order valence-corrected chi connectivity index (χ2v) is 5.08. The Morgan fingerprint density at radius 2 is 2.24 bits per heavy atom. The molecule has 1 aliphatic heterocycles. The van der Waals surface area contributed by atoms with Crippen LogP contribution in [0.1, 0.15) is 12.8 Å². The Morgan fingerprint density at radius 3 is 2.82 bits per heavy atom. The monoisotopic (exact) mass is 300 g/mol. The molecule has 0 aromatic carbocycles. The van der Waals surface area contributed by atoms with Crippen LogP contribution in [0.3, 0.4) is 0 Å². The minimum Gasteiger partial charge on any atom is -0.396 e. The third-order valence-corrected chi connectivity index (χ3v) is 3.68. The van der Waals surface area contributed by atoms with Gasteiger partial charge in [-0.05, 0) is 34.7 Å². The predicted molar refractivity (Wildman–Crippen MR) is 71.3 cm³/mol. The van der Waals surface area contributed by atoms with Crippen LogP contribution in [0, 0.1) is 5.92 Å². The van der Waals surface area contributed by atoms with E-state index in [0.29, 0.717) is 18.5 Å². The van der Waals surface area contributed by atoms with Crippen molar-refractivity contribution in [2.45, 2.75) is 12.8 Å². The molecule has 0 unspecified atom stereocenters. The fourth-order valence-corrected chi connectivity index (χ4v) is 2.47. The van der Waals surface area contributed by atoms with Gasteiger partial charge < -0.3 is 15.3 Å². The first-order chi connectivity index (χ1) is 8.24. The Hall–Kier alpha value is -0.880. The summed E-state index contributed by atoms with van der Waals surface area (Å²) in [6.45, 7) is 2.16. The fourth-order valence-electron chi connectivity index (χ4n) is 2.03. The van der Waals surface area contributed by atoms with Crippen molar-refractivity contribution < 1.29 is 5.11 Å². The maximum absolute atomic E-state index is 9.12. The number of aliphatic hydroxyl groups excluding tert-OH is 1. The number of aromatic nitrogens is 2. The zero-order valence-corrected chi connectivity index (χ0v) is 11.4. The van der Waals surface area contributed by atoms with Crippen LogP contribution in [0.25, 0.3) is 0 Å². The Kier molecular flexibility index (Phi) is 4.17. The van der Waals surface area contributed by atoms with Crippen LogP contribution in [0.15, 0.2) is 10.7 Å². The Balaban J connectivity index is 2.12. The lowest BCUT2D eigenvalue weighted by Gasteiger charge is -2.32. The van der Waals surface area contributed by atoms with Crippen molar-refractivity contribution in [3.8, 4) is 0 Å². The summed E-state index contributed by atoms with van der Waals surface area (Å²) in [4.78, 5) is 10.8. The van der Waals surface area contributed by atoms with Gasteiger partial charge in [0.25, 0.3) is 0 Å². The SMILES string of the molecule is CNc1ncc(Br)c(N2CCC(CO)CC2)n1. The number of piperidine rings is 1. The number of hydrogen-bond acceptors (Lipinski definition) is 5. The summed E-state index contributed by atoms with van der Waals surface area (Å²) in [5.41, 5.74) is 0. The molecule has 0 bridgehead atoms. The number of hydrogen-bond donors (Lipinski definition) is 2. The maximum atomic E-state index is 9.12. The van der Waals surface area contributed by atoms with Gasteiger partial charge in [-0.2, -0.15) is 4.98 Å². The van der Waals surface area contributed by atoms with Gasteiger partial charge in [-0.25, -0.2) is 4.98 Å². The highest BCUT2D eigenvalue weighted by Gasteiger charge is 2.21. The minimum atomic E-state index is 0.292. The second-order valence-electron chi connectivity index (χ2n) is 4.23. The number of rotatable bonds is 3. The molecule has 5 nitrogen and oxygen atoms in total. The molecule has 0 radical (unpaired) electrons. The summed E-state index contributed by atoms with van der Waals surface area (Å²) in [6, 6.07) is 0. The average molecular weight is 301 g/mol. The zero-order valence-electron chi connectivity index (χ0n) is 9.86. The molecule has 0 aliphatic carbocycles. The van der Waals surface area contributed by atoms with Crippen LogP contribution in [-0.2, 0) is 0 Å². The number of nitrogens with zero attached hydrogens (tertiary/aromatic N) is 3. The van der Waals surface area contributed by atoms with Crippen molar-refractivity contribution in [3.63, 3.8) is 0 Å². The van der Waals surface area contributed by atoms with Crippen LogP contribution in [0.5, 0.6) is 0 Å². The molecular weight excluding hydrogens is 284 g/mol. The van der Waals surface area contributed by atoms with Gasteiger partial charge in [0.1, 0.15) is 5.82 Å². The molecule has 6 heteroatoms. The van der Waals surface area contributed by atoms with Gasteiger partial charge in [-0.1, -0.05) is 0 Å². The van der Waals surface area contributed by atoms with E-state index in [1.165, 1.54) is 0 Å². The van der Waals surface area contributed by atoms with Crippen LogP contribution in [0.2, 0.25) is 0 Å². The van der Waals surface area contributed by atoms with Crippen LogP contribution in [-0.4, -0.2) is 41.8 Å². The number of aliphatic hydroxyl groups is 1. The first-order valence-electron chi connectivity index (χ1n) is 5.80. The lowest BCUT2D eigenvalue weighted by Crippen LogP contribution is -2.35. The van der Waals surface area contributed by atoms with Gasteiger partial charge >= 0.3 is 0 Å². The summed E-state index contributed by atoms with van der Waals surface area (Å²) >= 11 is 3.48. The van der Waals surface area contributed by atoms with Gasteiger partial charge in [0.2, 0.25) is 5.95 Å². The largest absolute Gasteiger partial charge is 0.396 e. The summed E-state index contributed by atoms with van der Waals surface area (Å²) in [5.74, 6) is 2.00. The normalized spacial score (nSPS) is 17.2. The lowest BCUT2D eigenvalue weighted by molar-refractivity contribution is 0.202. The van der Waals surface area contributed by atoms with Crippen LogP contribution >= 0.6 is 15.9 Å². The fraction of sp³-hybridized carbons (Fsp3) is 0.636. The van der Waals surface area contributed by atoms with E-state index in [-0.39, 0.29) is 0 Å². The molecule has 1 saturated heterocycles. The van der Waals surface area contributed by atoms with Crippen molar-refractivity contribution in [1.82, 2.24) is 9.97 Å². The van der Waals surface area contributed by atoms with E-state index in [9.17, 15) is 0 Å². The Labute approximate surface area is 109 Å². The smallest absolute Gasteiger partial charge is 0.224 e. The molecule has 2 heterocycles. The van der Waals surface area contributed by atoms with Crippen molar-refractivity contribution in [3.05, 3.63) is 10.7 Å². The van der Waals surface area contributed by atoms with E-state index in [2.05, 4.69) is 36.1 Å². The van der Waals surface area contributed by atoms with Gasteiger partial charge in [0.05, 0.1) is 4.47 Å². The first kappa shape index (κ1) is 12.6. The molecule has 1 aromatic rings. The molecule has 0 atom stereocenters. The highest BCUT2D eigenvalue weighted by atomic mass is 79.9. The molecule has 94 valence electrons. The van der Waals surface area contributed by atoms with Gasteiger partial charge in [0, 0.05) is 32.9 Å². The summed E-state index contributed by atoms with van der Waals surface area (Å²) < 4.78 is 0.916. The topological polar surface area (TPSA) is 61.3 Å². The van der Waals surface area contributed by atoms with Crippen molar-refractivity contribution in [2.24, 2.45) is 5.92 Å². The van der Waals surface area contributed by atoms with E-state index in [0.717, 1.165) is 36.2 Å². The number of halogens is 1. The third-order valence-electron chi connectivity index (χ3n) is 3.12. The molecule has 2 N–H and O–H groups in total. The summed E-state index contributed by atoms with van der Waals surface area (Å²) in [6.07, 6.45) is 3.80. The molecule has 1 aliphatic rings. The van der Waals surface area contributed by atoms with Crippen molar-refractivity contribution in [1.29, 1.82) is 0 Å². The van der Waals surface area contributed by atoms with Crippen molar-refractivity contribution in [2.75, 3.05) is 37.0 Å². The van der Waals surface area contributed by atoms with Gasteiger partial charge in [0.15, 0.2) is 0 Å². The minimum absolute atomic E-state index is 0.292. The predicted octanol–water partition coefficient (Wildman–Crippen LogP) is 1.49. The lowest BCUT2D eigenvalue weighted by atomic mass is 9.98. The molecular formula is C11H17BrN4O. The molecule has 0 amide bonds. The highest BCUT2D eigenvalue weighted by Crippen LogP contribution is 2.28. The van der Waals surface area contributed by atoms with Crippen LogP contribution < -0.4 is 10.2 Å². The summed E-state index contributed by atoms with van der Waals surface area (Å²) in [7, 11) is 1.81. The third kappa shape index (κ3) is 2.87. The van der Waals surface area contributed by atoms with E-state index >= 15 is 0 Å². The van der Waals surface area contributed by atoms with Crippen LogP contribution in [0.4, 0.5) is 11.8 Å². The molecule has 2 rings (SSSR count). The van der Waals surface area contributed by atoms with E-state index in [1.54, 1.807) is 6.20 Å². The molecule has 0 spiro atoms. The molecule has 17 heavy (non-hydrogen) atoms. The molecule has 1 fully saturated rings. The molecule has 0 saturated carbocycles. The highest BCUT2D eigenvalue weighted by molar-refractivity contribution is 9.10. The molecule has 1 aromatic heterocycles. The Bertz CT molecular complexity index is 380. The standard InChI is InChI=1S/C11H17BrN4O/c1-13-11-14-6-9(12)10(15-11)16-4-2-8(7-17)3-5-16/h6,8,17H,2-5,7H2,1H3,(H,13,14,15). The quantitative estimate of drug-likeness (QED) is 0.886. The van der Waals surface area contributed by atoms with E-state index in [1.807, 2.05) is 7.05 Å². The zero-order chi connectivity index (χ0) is 12.3. The average Bonchev–Trinajstić information content (AvgIpc) is 2.39. The first-order valence-corrected chi connectivity index (χ1v) is 6.60. The van der Waals surface area contributed by atoms with Crippen molar-refractivity contribution >= 4 is 27.7 Å². The summed E-state index contributed by atoms with van der Waals surface area (Å²) in [5, 5.41) is 12.1. The number of anilines is 2. The van der Waals surface area contributed by atoms with E-state index in [4.69, 9.17) is 5.11 Å². The maximum Gasteiger partial charge on any atom is 0.224 e. The number of nitrogens with one attached hydrogen (secondary N) is 1. The Morgan fingerprint density at radius 1 is 1.53 bits per heavy atom. The van der Waals surface area contributed by atoms with E-state index < -0.39 is 0 Å².